The molecular weight excluding hydrogens is 224 g/mol. The van der Waals surface area contributed by atoms with Gasteiger partial charge in [0.2, 0.25) is 0 Å². The predicted molar refractivity (Wildman–Crippen MR) is 57.5 cm³/mol. The average Bonchev–Trinajstić information content (AvgIpc) is 2.29. The summed E-state index contributed by atoms with van der Waals surface area (Å²) in [6.45, 7) is 2.00. The van der Waals surface area contributed by atoms with Crippen molar-refractivity contribution < 1.29 is 23.8 Å². The van der Waals surface area contributed by atoms with E-state index in [-0.39, 0.29) is 13.0 Å². The van der Waals surface area contributed by atoms with E-state index in [0.29, 0.717) is 11.3 Å². The molecule has 0 unspecified atom stereocenters. The molecule has 90 valence electrons. The van der Waals surface area contributed by atoms with Crippen LogP contribution in [0, 0.1) is 0 Å². The molecule has 1 aromatic rings. The fourth-order valence-corrected chi connectivity index (χ4v) is 1.53. The Balaban J connectivity index is 2.07. The molecule has 2 rings (SSSR count). The van der Waals surface area contributed by atoms with E-state index in [0.717, 1.165) is 0 Å². The number of fused-ring (bicyclic) bond motifs is 1. The minimum Gasteiger partial charge on any atom is -0.466 e. The molecule has 0 saturated carbocycles. The van der Waals surface area contributed by atoms with Gasteiger partial charge in [-0.3, -0.25) is 4.79 Å². The molecule has 1 aromatic carbocycles. The van der Waals surface area contributed by atoms with Gasteiger partial charge in [-0.05, 0) is 19.1 Å². The minimum absolute atomic E-state index is 0.103. The summed E-state index contributed by atoms with van der Waals surface area (Å²) in [5.41, 5.74) is 0.368. The summed E-state index contributed by atoms with van der Waals surface area (Å²) in [4.78, 5) is 22.8. The molecule has 0 aliphatic carbocycles. The number of cyclic esters (lactones) is 1. The fraction of sp³-hybridized carbons (Fsp3) is 0.333. The maximum atomic E-state index is 11.6. The van der Waals surface area contributed by atoms with E-state index < -0.39 is 18.2 Å². The summed E-state index contributed by atoms with van der Waals surface area (Å²) in [5, 5.41) is 0. The Hall–Kier alpha value is -2.04. The van der Waals surface area contributed by atoms with Crippen molar-refractivity contribution in [2.75, 3.05) is 6.61 Å². The third-order valence-corrected chi connectivity index (χ3v) is 2.24. The highest BCUT2D eigenvalue weighted by atomic mass is 16.7. The molecule has 5 nitrogen and oxygen atoms in total. The number of ether oxygens (including phenoxy) is 3. The van der Waals surface area contributed by atoms with Gasteiger partial charge in [0.05, 0.1) is 6.61 Å². The molecule has 0 bridgehead atoms. The molecule has 0 N–H and O–H groups in total. The van der Waals surface area contributed by atoms with E-state index >= 15 is 0 Å². The number of carbonyl (C=O) groups is 2. The lowest BCUT2D eigenvalue weighted by Crippen LogP contribution is -2.32. The van der Waals surface area contributed by atoms with Gasteiger partial charge in [-0.1, -0.05) is 12.1 Å². The van der Waals surface area contributed by atoms with Crippen LogP contribution in [0.4, 0.5) is 0 Å². The van der Waals surface area contributed by atoms with Gasteiger partial charge >= 0.3 is 11.9 Å². The van der Waals surface area contributed by atoms with Crippen LogP contribution >= 0.6 is 0 Å². The van der Waals surface area contributed by atoms with Gasteiger partial charge in [0.25, 0.3) is 6.29 Å². The molecule has 0 fully saturated rings. The second-order valence-corrected chi connectivity index (χ2v) is 3.46. The lowest BCUT2D eigenvalue weighted by molar-refractivity contribution is -0.151. The molecule has 0 radical (unpaired) electrons. The summed E-state index contributed by atoms with van der Waals surface area (Å²) < 4.78 is 15.1. The van der Waals surface area contributed by atoms with Gasteiger partial charge in [0.1, 0.15) is 17.7 Å². The molecule has 1 heterocycles. The number of esters is 2. The van der Waals surface area contributed by atoms with Gasteiger partial charge in [0.15, 0.2) is 0 Å². The molecule has 17 heavy (non-hydrogen) atoms. The number of hydrogen-bond acceptors (Lipinski definition) is 5. The lowest BCUT2D eigenvalue weighted by Gasteiger charge is -2.24. The van der Waals surface area contributed by atoms with Crippen molar-refractivity contribution in [1.29, 1.82) is 0 Å². The van der Waals surface area contributed by atoms with E-state index in [1.807, 2.05) is 0 Å². The van der Waals surface area contributed by atoms with Crippen LogP contribution in [0.3, 0.4) is 0 Å². The quantitative estimate of drug-likeness (QED) is 0.744. The molecule has 1 aliphatic rings. The first kappa shape index (κ1) is 11.4. The Labute approximate surface area is 98.3 Å². The molecule has 0 spiro atoms. The average molecular weight is 236 g/mol. The largest absolute Gasteiger partial charge is 0.466 e. The first-order valence-electron chi connectivity index (χ1n) is 5.33. The number of hydrogen-bond donors (Lipinski definition) is 0. The fourth-order valence-electron chi connectivity index (χ4n) is 1.53. The Morgan fingerprint density at radius 3 is 2.88 bits per heavy atom. The number of para-hydroxylation sites is 1. The third-order valence-electron chi connectivity index (χ3n) is 2.24. The monoisotopic (exact) mass is 236 g/mol. The lowest BCUT2D eigenvalue weighted by atomic mass is 10.2. The van der Waals surface area contributed by atoms with E-state index in [4.69, 9.17) is 14.2 Å². The first-order chi connectivity index (χ1) is 8.20. The maximum absolute atomic E-state index is 11.6. The minimum atomic E-state index is -0.906. The van der Waals surface area contributed by atoms with Crippen molar-refractivity contribution in [2.45, 2.75) is 19.6 Å². The van der Waals surface area contributed by atoms with Gasteiger partial charge in [-0.25, -0.2) is 4.79 Å². The molecule has 5 heteroatoms. The maximum Gasteiger partial charge on any atom is 0.345 e. The standard InChI is InChI=1S/C12H12O5/c1-2-15-10(13)7-11-16-9-6-4-3-5-8(9)12(14)17-11/h3-6,11H,2,7H2,1H3/t11-/m1/s1. The van der Waals surface area contributed by atoms with Crippen LogP contribution in [0.15, 0.2) is 24.3 Å². The van der Waals surface area contributed by atoms with Gasteiger partial charge < -0.3 is 14.2 Å². The van der Waals surface area contributed by atoms with E-state index in [2.05, 4.69) is 0 Å². The second-order valence-electron chi connectivity index (χ2n) is 3.46. The van der Waals surface area contributed by atoms with Crippen molar-refractivity contribution in [3.63, 3.8) is 0 Å². The molecule has 0 aromatic heterocycles. The second kappa shape index (κ2) is 4.86. The summed E-state index contributed by atoms with van der Waals surface area (Å²) in [5.74, 6) is -0.510. The number of rotatable bonds is 3. The molecule has 1 atom stereocenters. The zero-order chi connectivity index (χ0) is 12.3. The van der Waals surface area contributed by atoms with Crippen LogP contribution in [0.1, 0.15) is 23.7 Å². The number of carbonyl (C=O) groups excluding carboxylic acids is 2. The van der Waals surface area contributed by atoms with Crippen LogP contribution in [-0.2, 0) is 14.3 Å². The van der Waals surface area contributed by atoms with Gasteiger partial charge in [-0.2, -0.15) is 0 Å². The Morgan fingerprint density at radius 2 is 2.12 bits per heavy atom. The van der Waals surface area contributed by atoms with Crippen molar-refractivity contribution >= 4 is 11.9 Å². The zero-order valence-electron chi connectivity index (χ0n) is 9.34. The van der Waals surface area contributed by atoms with Gasteiger partial charge in [0, 0.05) is 0 Å². The summed E-state index contributed by atoms with van der Waals surface area (Å²) in [6, 6.07) is 6.74. The van der Waals surface area contributed by atoms with Crippen LogP contribution < -0.4 is 4.74 Å². The Morgan fingerprint density at radius 1 is 1.35 bits per heavy atom. The topological polar surface area (TPSA) is 61.8 Å². The van der Waals surface area contributed by atoms with E-state index in [9.17, 15) is 9.59 Å². The predicted octanol–water partition coefficient (Wildman–Crippen LogP) is 1.52. The SMILES string of the molecule is CCOC(=O)C[C@H]1OC(=O)c2ccccc2O1. The highest BCUT2D eigenvalue weighted by Gasteiger charge is 2.29. The Bertz CT molecular complexity index is 440. The molecular formula is C12H12O5. The summed E-state index contributed by atoms with van der Waals surface area (Å²) >= 11 is 0. The van der Waals surface area contributed by atoms with Crippen molar-refractivity contribution in [3.8, 4) is 5.75 Å². The van der Waals surface area contributed by atoms with Crippen molar-refractivity contribution in [2.24, 2.45) is 0 Å². The number of benzene rings is 1. The molecule has 0 saturated heterocycles. The van der Waals surface area contributed by atoms with Crippen LogP contribution in [0.25, 0.3) is 0 Å². The highest BCUT2D eigenvalue weighted by molar-refractivity contribution is 5.93. The van der Waals surface area contributed by atoms with Crippen LogP contribution in [0.2, 0.25) is 0 Å². The third kappa shape index (κ3) is 2.55. The van der Waals surface area contributed by atoms with Crippen LogP contribution in [-0.4, -0.2) is 24.8 Å². The normalized spacial score (nSPS) is 17.7. The van der Waals surface area contributed by atoms with Crippen molar-refractivity contribution in [1.82, 2.24) is 0 Å². The van der Waals surface area contributed by atoms with E-state index in [1.54, 1.807) is 31.2 Å². The van der Waals surface area contributed by atoms with Crippen LogP contribution in [0.5, 0.6) is 5.75 Å². The Kier molecular flexibility index (Phi) is 3.27. The smallest absolute Gasteiger partial charge is 0.345 e. The zero-order valence-corrected chi connectivity index (χ0v) is 9.34. The van der Waals surface area contributed by atoms with Gasteiger partial charge in [-0.15, -0.1) is 0 Å². The molecule has 1 aliphatic heterocycles. The first-order valence-corrected chi connectivity index (χ1v) is 5.33. The highest BCUT2D eigenvalue weighted by Crippen LogP contribution is 2.26. The molecule has 0 amide bonds. The van der Waals surface area contributed by atoms with E-state index in [1.165, 1.54) is 0 Å². The summed E-state index contributed by atoms with van der Waals surface area (Å²) in [7, 11) is 0. The summed E-state index contributed by atoms with van der Waals surface area (Å²) in [6.07, 6.45) is -1.01. The van der Waals surface area contributed by atoms with Crippen molar-refractivity contribution in [3.05, 3.63) is 29.8 Å².